The predicted octanol–water partition coefficient (Wildman–Crippen LogP) is -0.934. The maximum atomic E-state index is 12.3. The minimum Gasteiger partial charge on any atom is -0.394 e. The molecule has 0 aromatic rings. The molecule has 10 rings (SSSR count). The summed E-state index contributed by atoms with van der Waals surface area (Å²) in [6.45, 7) is 11.6. The Morgan fingerprint density at radius 3 is 1.75 bits per heavy atom. The van der Waals surface area contributed by atoms with Crippen molar-refractivity contribution in [3.63, 3.8) is 0 Å². The van der Waals surface area contributed by atoms with Gasteiger partial charge in [-0.05, 0) is 106 Å². The minimum atomic E-state index is -1.96. The van der Waals surface area contributed by atoms with Crippen LogP contribution < -0.4 is 0 Å². The van der Waals surface area contributed by atoms with Gasteiger partial charge in [0.25, 0.3) is 0 Å². The highest BCUT2D eigenvalue weighted by molar-refractivity contribution is 5.26. The van der Waals surface area contributed by atoms with Crippen LogP contribution in [0.1, 0.15) is 99.3 Å². The summed E-state index contributed by atoms with van der Waals surface area (Å²) in [4.78, 5) is 0. The van der Waals surface area contributed by atoms with Crippen molar-refractivity contribution in [1.82, 2.24) is 0 Å². The first-order valence-electron chi connectivity index (χ1n) is 26.7. The zero-order chi connectivity index (χ0) is 51.5. The summed E-state index contributed by atoms with van der Waals surface area (Å²) < 4.78 is 61.9. The van der Waals surface area contributed by atoms with Crippen LogP contribution >= 0.6 is 0 Å². The number of rotatable bonds is 10. The van der Waals surface area contributed by atoms with Crippen LogP contribution in [0.15, 0.2) is 11.6 Å². The quantitative estimate of drug-likeness (QED) is 0.118. The van der Waals surface area contributed by atoms with Crippen LogP contribution in [0.3, 0.4) is 0 Å². The van der Waals surface area contributed by atoms with Crippen LogP contribution in [0.25, 0.3) is 0 Å². The van der Waals surface area contributed by atoms with Gasteiger partial charge >= 0.3 is 0 Å². The lowest BCUT2D eigenvalue weighted by atomic mass is 9.47. The van der Waals surface area contributed by atoms with E-state index in [0.717, 1.165) is 51.6 Å². The van der Waals surface area contributed by atoms with Crippen molar-refractivity contribution in [3.05, 3.63) is 11.6 Å². The van der Waals surface area contributed by atoms with Crippen molar-refractivity contribution >= 4 is 0 Å². The van der Waals surface area contributed by atoms with Crippen molar-refractivity contribution in [2.75, 3.05) is 19.8 Å². The summed E-state index contributed by atoms with van der Waals surface area (Å²) in [5, 5.41) is 119. The van der Waals surface area contributed by atoms with Crippen molar-refractivity contribution in [3.8, 4) is 0 Å². The molecule has 0 radical (unpaired) electrons. The molecule has 11 N–H and O–H groups in total. The van der Waals surface area contributed by atoms with Gasteiger partial charge in [0.15, 0.2) is 30.9 Å². The topological polar surface area (TPSA) is 315 Å². The van der Waals surface area contributed by atoms with Crippen LogP contribution in [-0.4, -0.2) is 217 Å². The number of hydrogen-bond donors (Lipinski definition) is 11. The Labute approximate surface area is 420 Å². The van der Waals surface area contributed by atoms with E-state index in [1.165, 1.54) is 19.4 Å². The Bertz CT molecular complexity index is 1900. The predicted molar refractivity (Wildman–Crippen MR) is 245 cm³/mol. The lowest BCUT2D eigenvalue weighted by Gasteiger charge is -2.59. The molecule has 6 saturated heterocycles. The lowest BCUT2D eigenvalue weighted by molar-refractivity contribution is -0.395. The Hall–Kier alpha value is -1.10. The molecule has 6 aliphatic heterocycles. The molecule has 4 aliphatic carbocycles. The lowest BCUT2D eigenvalue weighted by Crippen LogP contribution is -2.67. The van der Waals surface area contributed by atoms with Crippen molar-refractivity contribution in [1.29, 1.82) is 0 Å². The SMILES string of the molecule is C[C@@H]1CC[C@@]2(OC1)O[C@H]1CC3C4CC=C5C[C@@H](O[C@@H]6O[C@H](CO)[C@@H](O[C@@H]7O[C@H](CO)[C@@H](O[C@@H]8O[C@@H](C)[C@H](O)[C@@H](O)[C@H]8O)[C@H](O)[C@H]7O)[C@H](O)[C@H]6O[C@@H]6O[C@@H](C)[C@H](O)[C@@H](O)[C@H]6O)CC[C@]5(C)C4CC[C@]3(C)[C@H]1[C@@H]2C. The normalized spacial score (nSPS) is 57.8. The molecule has 6 heterocycles. The Kier molecular flexibility index (Phi) is 15.5. The highest BCUT2D eigenvalue weighted by Crippen LogP contribution is 2.71. The summed E-state index contributed by atoms with van der Waals surface area (Å²) in [5.74, 6) is 2.39. The van der Waals surface area contributed by atoms with Gasteiger partial charge in [0.1, 0.15) is 85.5 Å². The van der Waals surface area contributed by atoms with Gasteiger partial charge in [-0.15, -0.1) is 0 Å². The first kappa shape index (κ1) is 54.3. The molecule has 10 aliphatic rings. The Morgan fingerprint density at radius 1 is 0.583 bits per heavy atom. The van der Waals surface area contributed by atoms with E-state index < -0.39 is 148 Å². The highest BCUT2D eigenvalue weighted by atomic mass is 16.8. The van der Waals surface area contributed by atoms with Gasteiger partial charge in [0.2, 0.25) is 0 Å². The summed E-state index contributed by atoms with van der Waals surface area (Å²) >= 11 is 0. The van der Waals surface area contributed by atoms with Gasteiger partial charge in [0, 0.05) is 12.3 Å². The average molecular weight is 1030 g/mol. The number of ether oxygens (including phenoxy) is 10. The number of aliphatic hydroxyl groups is 11. The fourth-order valence-corrected chi connectivity index (χ4v) is 15.5. The molecular formula is C51H82O21. The van der Waals surface area contributed by atoms with E-state index in [1.54, 1.807) is 0 Å². The smallest absolute Gasteiger partial charge is 0.187 e. The largest absolute Gasteiger partial charge is 0.394 e. The van der Waals surface area contributed by atoms with Crippen LogP contribution in [-0.2, 0) is 47.4 Å². The molecule has 31 atom stereocenters. The summed E-state index contributed by atoms with van der Waals surface area (Å²) in [5.41, 5.74) is 1.39. The number of fused-ring (bicyclic) bond motifs is 7. The first-order valence-corrected chi connectivity index (χ1v) is 26.7. The van der Waals surface area contributed by atoms with Crippen molar-refractivity contribution < 1.29 is 104 Å². The van der Waals surface area contributed by atoms with E-state index in [-0.39, 0.29) is 16.9 Å². The molecule has 3 saturated carbocycles. The highest BCUT2D eigenvalue weighted by Gasteiger charge is 2.69. The maximum absolute atomic E-state index is 12.3. The van der Waals surface area contributed by atoms with Gasteiger partial charge in [-0.3, -0.25) is 0 Å². The second-order valence-electron chi connectivity index (χ2n) is 23.9. The monoisotopic (exact) mass is 1030 g/mol. The molecule has 9 fully saturated rings. The van der Waals surface area contributed by atoms with Crippen LogP contribution in [0.2, 0.25) is 0 Å². The maximum Gasteiger partial charge on any atom is 0.187 e. The second kappa shape index (κ2) is 20.6. The third kappa shape index (κ3) is 9.09. The molecule has 21 nitrogen and oxygen atoms in total. The number of allylic oxidation sites excluding steroid dienone is 1. The van der Waals surface area contributed by atoms with Crippen LogP contribution in [0.5, 0.6) is 0 Å². The molecule has 21 heteroatoms. The molecule has 0 bridgehead atoms. The molecule has 0 amide bonds. The average Bonchev–Trinajstić information content (AvgIpc) is 3.81. The van der Waals surface area contributed by atoms with E-state index >= 15 is 0 Å². The standard InChI is InChI=1S/C51H82O21/c1-20-9-14-51(63-19-20)21(2)32-29(72-51)16-28-26-8-7-24-15-25(10-12-49(24,5)27(26)11-13-50(28,32)6)66-48-44(71-46-39(60)36(57)34(55)23(4)65-46)41(62)43(31(18-53)68-48)70-47-40(61)37(58)42(30(17-52)67-47)69-45-38(59)35(56)33(54)22(3)64-45/h7,20-23,25-48,52-62H,8-19H2,1-6H3/t20-,21+,22+,23+,25+,26?,27?,28?,29+,30-,31-,32+,33+,34+,35-,36-,37-,38-,39-,40-,41+,42-,43-,44-,45+,46+,47+,48-,49+,50+,51-/m1/s1. The zero-order valence-electron chi connectivity index (χ0n) is 42.2. The zero-order valence-corrected chi connectivity index (χ0v) is 42.2. The number of hydrogen-bond acceptors (Lipinski definition) is 21. The summed E-state index contributed by atoms with van der Waals surface area (Å²) in [7, 11) is 0. The summed E-state index contributed by atoms with van der Waals surface area (Å²) in [6, 6.07) is 0. The van der Waals surface area contributed by atoms with Gasteiger partial charge in [-0.2, -0.15) is 0 Å². The minimum absolute atomic E-state index is 0.0754. The van der Waals surface area contributed by atoms with Crippen molar-refractivity contribution in [2.24, 2.45) is 46.3 Å². The van der Waals surface area contributed by atoms with Crippen LogP contribution in [0, 0.1) is 46.3 Å². The molecule has 3 unspecified atom stereocenters. The number of aliphatic hydroxyl groups excluding tert-OH is 11. The fourth-order valence-electron chi connectivity index (χ4n) is 15.5. The molecule has 0 aromatic carbocycles. The van der Waals surface area contributed by atoms with E-state index in [9.17, 15) is 56.2 Å². The van der Waals surface area contributed by atoms with E-state index in [4.69, 9.17) is 47.4 Å². The van der Waals surface area contributed by atoms with Gasteiger partial charge in [-0.1, -0.05) is 39.3 Å². The third-order valence-electron chi connectivity index (χ3n) is 19.8. The second-order valence-corrected chi connectivity index (χ2v) is 23.9. The first-order chi connectivity index (χ1) is 34.1. The van der Waals surface area contributed by atoms with E-state index in [0.29, 0.717) is 48.3 Å². The summed E-state index contributed by atoms with van der Waals surface area (Å²) in [6.07, 6.45) is -21.0. The Balaban J connectivity index is 0.842. The molecule has 1 spiro atoms. The van der Waals surface area contributed by atoms with E-state index in [1.807, 2.05) is 0 Å². The van der Waals surface area contributed by atoms with Crippen LogP contribution in [0.4, 0.5) is 0 Å². The molecule has 412 valence electrons. The molecule has 72 heavy (non-hydrogen) atoms. The van der Waals surface area contributed by atoms with Gasteiger partial charge < -0.3 is 104 Å². The van der Waals surface area contributed by atoms with Gasteiger partial charge in [0.05, 0.1) is 44.2 Å². The van der Waals surface area contributed by atoms with Crippen molar-refractivity contribution in [2.45, 2.75) is 240 Å². The molecular weight excluding hydrogens is 949 g/mol. The third-order valence-corrected chi connectivity index (χ3v) is 19.8. The Morgan fingerprint density at radius 2 is 1.15 bits per heavy atom. The van der Waals surface area contributed by atoms with E-state index in [2.05, 4.69) is 33.8 Å². The van der Waals surface area contributed by atoms with Gasteiger partial charge in [-0.25, -0.2) is 0 Å². The molecule has 0 aromatic heterocycles. The fraction of sp³-hybridized carbons (Fsp3) is 0.961.